The van der Waals surface area contributed by atoms with Gasteiger partial charge >= 0.3 is 5.97 Å². The van der Waals surface area contributed by atoms with E-state index in [1.54, 1.807) is 13.0 Å². The van der Waals surface area contributed by atoms with E-state index < -0.39 is 22.7 Å². The number of benzene rings is 1. The molecule has 1 aromatic rings. The predicted octanol–water partition coefficient (Wildman–Crippen LogP) is 8.55. The number of carbonyl (C=O) groups is 4. The summed E-state index contributed by atoms with van der Waals surface area (Å²) in [6.45, 7) is 8.68. The fourth-order valence-corrected chi connectivity index (χ4v) is 6.84. The number of hydrogen-bond acceptors (Lipinski definition) is 9. The van der Waals surface area contributed by atoms with Crippen molar-refractivity contribution >= 4 is 29.3 Å². The van der Waals surface area contributed by atoms with Gasteiger partial charge in [-0.15, -0.1) is 5.06 Å². The van der Waals surface area contributed by atoms with E-state index >= 15 is 0 Å². The van der Waals surface area contributed by atoms with Crippen LogP contribution in [0.1, 0.15) is 155 Å². The number of amides is 2. The standard InChI is InChI=1S/C36H56N2O9/c1-6-19-36(20-7-2,21-8-3)22-13-11-9-10-12-15-28(39)24-27(4)29-25-31(45-5)32(26-30(29)38(43)44)46-23-14-16-35(42)47-37-33(40)17-18-34(37)41/h25-27H,6-24H2,1-5H3. The van der Waals surface area contributed by atoms with Crippen molar-refractivity contribution in [3.63, 3.8) is 0 Å². The lowest BCUT2D eigenvalue weighted by Gasteiger charge is -2.34. The maximum absolute atomic E-state index is 12.8. The highest BCUT2D eigenvalue weighted by atomic mass is 16.7. The molecule has 0 aromatic heterocycles. The minimum absolute atomic E-state index is 0.00886. The molecule has 0 saturated carbocycles. The first-order chi connectivity index (χ1) is 22.5. The van der Waals surface area contributed by atoms with Crippen LogP contribution in [0.4, 0.5) is 5.69 Å². The molecule has 2 amide bonds. The molecule has 1 saturated heterocycles. The highest BCUT2D eigenvalue weighted by Gasteiger charge is 2.33. The van der Waals surface area contributed by atoms with E-state index in [1.807, 2.05) is 0 Å². The van der Waals surface area contributed by atoms with Crippen LogP contribution in [0, 0.1) is 15.5 Å². The Morgan fingerprint density at radius 1 is 0.872 bits per heavy atom. The third kappa shape index (κ3) is 12.9. The van der Waals surface area contributed by atoms with Crippen LogP contribution in [0.15, 0.2) is 12.1 Å². The van der Waals surface area contributed by atoms with Gasteiger partial charge in [-0.05, 0) is 55.9 Å². The highest BCUT2D eigenvalue weighted by Crippen LogP contribution is 2.41. The summed E-state index contributed by atoms with van der Waals surface area (Å²) in [5.74, 6) is -1.76. The predicted molar refractivity (Wildman–Crippen MR) is 179 cm³/mol. The van der Waals surface area contributed by atoms with Crippen molar-refractivity contribution in [1.29, 1.82) is 0 Å². The van der Waals surface area contributed by atoms with Crippen LogP contribution in [0.5, 0.6) is 11.5 Å². The minimum atomic E-state index is -0.757. The van der Waals surface area contributed by atoms with Crippen LogP contribution < -0.4 is 9.47 Å². The van der Waals surface area contributed by atoms with Crippen LogP contribution >= 0.6 is 0 Å². The molecule has 11 nitrogen and oxygen atoms in total. The quantitative estimate of drug-likeness (QED) is 0.0436. The zero-order valence-corrected chi connectivity index (χ0v) is 29.2. The summed E-state index contributed by atoms with van der Waals surface area (Å²) in [4.78, 5) is 64.4. The molecule has 0 radical (unpaired) electrons. The Morgan fingerprint density at radius 3 is 2.04 bits per heavy atom. The first-order valence-corrected chi connectivity index (χ1v) is 17.6. The first kappa shape index (κ1) is 39.7. The molecule has 0 bridgehead atoms. The fraction of sp³-hybridized carbons (Fsp3) is 0.722. The number of hydrogen-bond donors (Lipinski definition) is 0. The van der Waals surface area contributed by atoms with E-state index in [0.717, 1.165) is 19.3 Å². The molecule has 1 aliphatic rings. The van der Waals surface area contributed by atoms with E-state index in [0.29, 0.717) is 22.5 Å². The number of nitrogens with zero attached hydrogens (tertiary/aromatic N) is 2. The van der Waals surface area contributed by atoms with Gasteiger partial charge in [-0.3, -0.25) is 24.5 Å². The van der Waals surface area contributed by atoms with Crippen molar-refractivity contribution in [3.05, 3.63) is 27.8 Å². The molecule has 1 unspecified atom stereocenters. The smallest absolute Gasteiger partial charge is 0.333 e. The topological polar surface area (TPSA) is 142 Å². The number of methoxy groups -OCH3 is 1. The minimum Gasteiger partial charge on any atom is -0.493 e. The summed E-state index contributed by atoms with van der Waals surface area (Å²) in [7, 11) is 1.42. The molecule has 0 aliphatic carbocycles. The van der Waals surface area contributed by atoms with E-state index in [9.17, 15) is 29.3 Å². The second-order valence-electron chi connectivity index (χ2n) is 13.0. The molecular weight excluding hydrogens is 604 g/mol. The highest BCUT2D eigenvalue weighted by molar-refractivity contribution is 6.01. The van der Waals surface area contributed by atoms with Crippen molar-refractivity contribution in [2.45, 2.75) is 149 Å². The molecule has 1 heterocycles. The molecule has 0 N–H and O–H groups in total. The van der Waals surface area contributed by atoms with Gasteiger partial charge in [0.15, 0.2) is 11.5 Å². The zero-order valence-electron chi connectivity index (χ0n) is 29.2. The fourth-order valence-electron chi connectivity index (χ4n) is 6.84. The Labute approximate surface area is 280 Å². The lowest BCUT2D eigenvalue weighted by atomic mass is 9.72. The van der Waals surface area contributed by atoms with Gasteiger partial charge in [0.05, 0.1) is 31.1 Å². The zero-order chi connectivity index (χ0) is 34.8. The monoisotopic (exact) mass is 660 g/mol. The number of carbonyl (C=O) groups excluding carboxylic acids is 4. The number of ketones is 1. The lowest BCUT2D eigenvalue weighted by Crippen LogP contribution is -2.32. The van der Waals surface area contributed by atoms with Gasteiger partial charge in [0.25, 0.3) is 17.5 Å². The summed E-state index contributed by atoms with van der Waals surface area (Å²) < 4.78 is 11.1. The Balaban J connectivity index is 1.83. The number of imide groups is 1. The lowest BCUT2D eigenvalue weighted by molar-refractivity contribution is -0.385. The molecule has 11 heteroatoms. The molecule has 1 atom stereocenters. The largest absolute Gasteiger partial charge is 0.493 e. The number of rotatable bonds is 25. The Bertz CT molecular complexity index is 1170. The molecule has 1 aliphatic heterocycles. The number of unbranched alkanes of at least 4 members (excludes halogenated alkanes) is 4. The molecule has 1 aromatic carbocycles. The van der Waals surface area contributed by atoms with Gasteiger partial charge in [0.1, 0.15) is 5.78 Å². The molecule has 47 heavy (non-hydrogen) atoms. The first-order valence-electron chi connectivity index (χ1n) is 17.6. The van der Waals surface area contributed by atoms with E-state index in [1.165, 1.54) is 71.0 Å². The van der Waals surface area contributed by atoms with E-state index in [2.05, 4.69) is 20.8 Å². The van der Waals surface area contributed by atoms with Crippen LogP contribution in [0.3, 0.4) is 0 Å². The van der Waals surface area contributed by atoms with Crippen molar-refractivity contribution in [1.82, 2.24) is 5.06 Å². The van der Waals surface area contributed by atoms with Gasteiger partial charge < -0.3 is 14.3 Å². The summed E-state index contributed by atoms with van der Waals surface area (Å²) >= 11 is 0. The molecular formula is C36H56N2O9. The molecule has 264 valence electrons. The third-order valence-electron chi connectivity index (χ3n) is 9.06. The van der Waals surface area contributed by atoms with Crippen molar-refractivity contribution in [2.75, 3.05) is 13.7 Å². The van der Waals surface area contributed by atoms with Crippen LogP contribution in [-0.2, 0) is 24.0 Å². The Kier molecular flexibility index (Phi) is 17.5. The van der Waals surface area contributed by atoms with Gasteiger partial charge in [-0.1, -0.05) is 72.6 Å². The van der Waals surface area contributed by atoms with Crippen molar-refractivity contribution < 1.29 is 38.4 Å². The number of Topliss-reactive ketones (excluding diaryl/α,β-unsaturated/α-hetero) is 1. The average molecular weight is 661 g/mol. The van der Waals surface area contributed by atoms with Gasteiger partial charge in [-0.25, -0.2) is 4.79 Å². The summed E-state index contributed by atoms with van der Waals surface area (Å²) in [5.41, 5.74) is 0.721. The molecule has 1 fully saturated rings. The van der Waals surface area contributed by atoms with Crippen molar-refractivity contribution in [2.24, 2.45) is 5.41 Å². The Hall–Kier alpha value is -3.50. The van der Waals surface area contributed by atoms with Gasteiger partial charge in [-0.2, -0.15) is 0 Å². The Morgan fingerprint density at radius 2 is 1.47 bits per heavy atom. The van der Waals surface area contributed by atoms with E-state index in [4.69, 9.17) is 14.3 Å². The normalized spacial score (nSPS) is 13.9. The van der Waals surface area contributed by atoms with Crippen LogP contribution in [-0.4, -0.2) is 47.3 Å². The second-order valence-corrected chi connectivity index (χ2v) is 13.0. The SMILES string of the molecule is CCCC(CCC)(CCC)CCCCCCCC(=O)CC(C)c1cc(OC)c(OCCCC(=O)ON2C(=O)CCC2=O)cc1[N+](=O)[O-]. The number of ether oxygens (including phenoxy) is 2. The molecule has 0 spiro atoms. The van der Waals surface area contributed by atoms with Crippen molar-refractivity contribution in [3.8, 4) is 11.5 Å². The second kappa shape index (κ2) is 20.7. The van der Waals surface area contributed by atoms with Crippen LogP contribution in [0.2, 0.25) is 0 Å². The third-order valence-corrected chi connectivity index (χ3v) is 9.06. The molecule has 2 rings (SSSR count). The van der Waals surface area contributed by atoms with E-state index in [-0.39, 0.29) is 67.6 Å². The average Bonchev–Trinajstić information content (AvgIpc) is 3.34. The van der Waals surface area contributed by atoms with Crippen LogP contribution in [0.25, 0.3) is 0 Å². The summed E-state index contributed by atoms with van der Waals surface area (Å²) in [6, 6.07) is 2.82. The number of nitro groups is 1. The summed E-state index contributed by atoms with van der Waals surface area (Å²) in [6.07, 6.45) is 15.1. The van der Waals surface area contributed by atoms with Gasteiger partial charge in [0.2, 0.25) is 0 Å². The van der Waals surface area contributed by atoms with Gasteiger partial charge in [0, 0.05) is 31.2 Å². The summed E-state index contributed by atoms with van der Waals surface area (Å²) in [5, 5.41) is 12.5. The maximum Gasteiger partial charge on any atom is 0.333 e. The maximum atomic E-state index is 12.8. The number of nitro benzene ring substituents is 1. The number of hydroxylamine groups is 2.